The third-order valence-electron chi connectivity index (χ3n) is 12.4. The second kappa shape index (κ2) is 15.1. The molecule has 0 aliphatic carbocycles. The molecule has 0 unspecified atom stereocenters. The van der Waals surface area contributed by atoms with Gasteiger partial charge in [-0.3, -0.25) is 15.0 Å². The van der Waals surface area contributed by atoms with Crippen LogP contribution in [0.3, 0.4) is 0 Å². The van der Waals surface area contributed by atoms with Gasteiger partial charge in [0.25, 0.3) is 0 Å². The Labute approximate surface area is 377 Å². The van der Waals surface area contributed by atoms with Crippen LogP contribution in [-0.4, -0.2) is 29.9 Å². The summed E-state index contributed by atoms with van der Waals surface area (Å²) < 4.78 is 2.48. The molecule has 6 nitrogen and oxygen atoms in total. The molecule has 0 aliphatic heterocycles. The van der Waals surface area contributed by atoms with Crippen LogP contribution in [-0.2, 0) is 0 Å². The van der Waals surface area contributed by atoms with E-state index in [1.165, 1.54) is 20.2 Å². The van der Waals surface area contributed by atoms with Gasteiger partial charge in [-0.05, 0) is 128 Å². The van der Waals surface area contributed by atoms with Crippen molar-refractivity contribution in [1.29, 1.82) is 0 Å². The molecule has 0 atom stereocenters. The van der Waals surface area contributed by atoms with E-state index in [4.69, 9.17) is 24.9 Å². The summed E-state index contributed by atoms with van der Waals surface area (Å²) in [4.78, 5) is 30.1. The second-order valence-electron chi connectivity index (χ2n) is 16.3. The lowest BCUT2D eigenvalue weighted by molar-refractivity contribution is 1.07. The Balaban J connectivity index is 1.10. The highest BCUT2D eigenvalue weighted by molar-refractivity contribution is 7.25. The molecule has 0 radical (unpaired) electrons. The fourth-order valence-electron chi connectivity index (χ4n) is 9.41. The molecule has 0 N–H and O–H groups in total. The Hall–Kier alpha value is -8.52. The van der Waals surface area contributed by atoms with Crippen LogP contribution in [0.4, 0.5) is 0 Å². The van der Waals surface area contributed by atoms with Crippen molar-refractivity contribution in [3.8, 4) is 67.5 Å². The Morgan fingerprint density at radius 3 is 1.46 bits per heavy atom. The number of aromatic nitrogens is 6. The van der Waals surface area contributed by atoms with E-state index in [0.29, 0.717) is 17.5 Å². The summed E-state index contributed by atoms with van der Waals surface area (Å²) in [6.45, 7) is 0. The van der Waals surface area contributed by atoms with Crippen LogP contribution in [0, 0.1) is 0 Å². The van der Waals surface area contributed by atoms with Gasteiger partial charge in [-0.1, -0.05) is 109 Å². The summed E-state index contributed by atoms with van der Waals surface area (Å²) in [5.74, 6) is 1.76. The van der Waals surface area contributed by atoms with Crippen molar-refractivity contribution in [1.82, 2.24) is 29.9 Å². The Morgan fingerprint density at radius 1 is 0.308 bits per heavy atom. The smallest absolute Gasteiger partial charge is 0.164 e. The molecule has 0 saturated carbocycles. The molecule has 0 amide bonds. The van der Waals surface area contributed by atoms with E-state index in [-0.39, 0.29) is 0 Å². The molecule has 0 bridgehead atoms. The van der Waals surface area contributed by atoms with E-state index >= 15 is 0 Å². The maximum Gasteiger partial charge on any atom is 0.164 e. The summed E-state index contributed by atoms with van der Waals surface area (Å²) in [5.41, 5.74) is 10.9. The van der Waals surface area contributed by atoms with Crippen LogP contribution >= 0.6 is 11.3 Å². The zero-order valence-corrected chi connectivity index (χ0v) is 35.5. The van der Waals surface area contributed by atoms with Gasteiger partial charge in [0.1, 0.15) is 0 Å². The van der Waals surface area contributed by atoms with Gasteiger partial charge in [0.15, 0.2) is 17.5 Å². The van der Waals surface area contributed by atoms with Gasteiger partial charge in [-0.25, -0.2) is 15.0 Å². The average molecular weight is 847 g/mol. The van der Waals surface area contributed by atoms with Gasteiger partial charge in [-0.15, -0.1) is 11.3 Å². The van der Waals surface area contributed by atoms with Gasteiger partial charge < -0.3 is 0 Å². The number of nitrogens with zero attached hydrogens (tertiary/aromatic N) is 6. The lowest BCUT2D eigenvalue weighted by Gasteiger charge is -2.17. The van der Waals surface area contributed by atoms with Crippen molar-refractivity contribution in [2.24, 2.45) is 0 Å². The van der Waals surface area contributed by atoms with Crippen molar-refractivity contribution in [2.45, 2.75) is 0 Å². The standard InChI is InChI=1S/C58H34N6S/c1-3-13-44-37(10-1)32-50-47(16-8-26-60-50)54(44)41-28-42(55-45-14-4-2-11-38(45)33-51-48(55)17-9-27-61-51)30-43(29-41)58-63-56(36-21-19-35(20-22-36)40-12-7-25-59-34-40)62-57(64-58)39-23-24-53-49(31-39)46-15-5-6-18-52(46)65-53/h1-34H. The number of benzene rings is 8. The fourth-order valence-corrected chi connectivity index (χ4v) is 10.5. The second-order valence-corrected chi connectivity index (χ2v) is 17.4. The third-order valence-corrected chi connectivity index (χ3v) is 13.6. The van der Waals surface area contributed by atoms with Crippen LogP contribution in [0.2, 0.25) is 0 Å². The summed E-state index contributed by atoms with van der Waals surface area (Å²) in [6.07, 6.45) is 7.41. The van der Waals surface area contributed by atoms with Crippen molar-refractivity contribution in [3.63, 3.8) is 0 Å². The minimum atomic E-state index is 0.574. The van der Waals surface area contributed by atoms with Crippen molar-refractivity contribution >= 4 is 74.9 Å². The number of pyridine rings is 3. The first-order valence-corrected chi connectivity index (χ1v) is 22.4. The highest BCUT2D eigenvalue weighted by Crippen LogP contribution is 2.43. The van der Waals surface area contributed by atoms with Crippen LogP contribution in [0.25, 0.3) is 131 Å². The molecule has 0 saturated heterocycles. The number of hydrogen-bond donors (Lipinski definition) is 0. The zero-order chi connectivity index (χ0) is 42.8. The zero-order valence-electron chi connectivity index (χ0n) is 34.7. The molecule has 13 rings (SSSR count). The quantitative estimate of drug-likeness (QED) is 0.155. The molecule has 8 aromatic carbocycles. The normalized spacial score (nSPS) is 11.7. The predicted octanol–water partition coefficient (Wildman–Crippen LogP) is 15.0. The minimum Gasteiger partial charge on any atom is -0.264 e. The Bertz CT molecular complexity index is 3770. The Morgan fingerprint density at radius 2 is 0.815 bits per heavy atom. The summed E-state index contributed by atoms with van der Waals surface area (Å²) in [5, 5.41) is 9.07. The molecule has 65 heavy (non-hydrogen) atoms. The molecular weight excluding hydrogens is 813 g/mol. The third kappa shape index (κ3) is 6.40. The van der Waals surface area contributed by atoms with Crippen LogP contribution in [0.5, 0.6) is 0 Å². The maximum atomic E-state index is 5.40. The van der Waals surface area contributed by atoms with E-state index in [0.717, 1.165) is 93.4 Å². The molecule has 5 aromatic heterocycles. The van der Waals surface area contributed by atoms with E-state index in [9.17, 15) is 0 Å². The SMILES string of the molecule is c1cncc(-c2ccc(-c3nc(-c4cc(-c5c6ccccc6cc6ncccc56)cc(-c5c6ccccc6cc6ncccc56)c4)nc(-c4ccc5sc6ccccc6c5c4)n3)cc2)c1. The lowest BCUT2D eigenvalue weighted by Crippen LogP contribution is -2.01. The van der Waals surface area contributed by atoms with E-state index in [1.54, 1.807) is 17.5 Å². The van der Waals surface area contributed by atoms with Gasteiger partial charge >= 0.3 is 0 Å². The van der Waals surface area contributed by atoms with Gasteiger partial charge in [0.05, 0.1) is 11.0 Å². The molecule has 0 fully saturated rings. The van der Waals surface area contributed by atoms with E-state index < -0.39 is 0 Å². The van der Waals surface area contributed by atoms with Crippen molar-refractivity contribution in [2.75, 3.05) is 0 Å². The maximum absolute atomic E-state index is 5.40. The highest BCUT2D eigenvalue weighted by atomic mass is 32.1. The molecule has 7 heteroatoms. The van der Waals surface area contributed by atoms with Crippen LogP contribution < -0.4 is 0 Å². The van der Waals surface area contributed by atoms with Crippen molar-refractivity contribution < 1.29 is 0 Å². The summed E-state index contributed by atoms with van der Waals surface area (Å²) in [7, 11) is 0. The van der Waals surface area contributed by atoms with Gasteiger partial charge in [0.2, 0.25) is 0 Å². The number of hydrogen-bond acceptors (Lipinski definition) is 7. The first-order valence-electron chi connectivity index (χ1n) is 21.6. The molecular formula is C58H34N6S. The van der Waals surface area contributed by atoms with Crippen molar-refractivity contribution in [3.05, 3.63) is 207 Å². The Kier molecular flexibility index (Phi) is 8.60. The topological polar surface area (TPSA) is 77.3 Å². The monoisotopic (exact) mass is 846 g/mol. The van der Waals surface area contributed by atoms with E-state index in [1.807, 2.05) is 36.8 Å². The molecule has 0 aliphatic rings. The average Bonchev–Trinajstić information content (AvgIpc) is 3.75. The molecule has 302 valence electrons. The first-order chi connectivity index (χ1) is 32.2. The number of fused-ring (bicyclic) bond motifs is 7. The molecule has 5 heterocycles. The largest absolute Gasteiger partial charge is 0.264 e. The van der Waals surface area contributed by atoms with Gasteiger partial charge in [0, 0.05) is 72.4 Å². The van der Waals surface area contributed by atoms with Gasteiger partial charge in [-0.2, -0.15) is 0 Å². The summed E-state index contributed by atoms with van der Waals surface area (Å²) in [6, 6.07) is 64.3. The minimum absolute atomic E-state index is 0.574. The fraction of sp³-hybridized carbons (Fsp3) is 0. The van der Waals surface area contributed by atoms with Crippen LogP contribution in [0.1, 0.15) is 0 Å². The number of rotatable bonds is 6. The highest BCUT2D eigenvalue weighted by Gasteiger charge is 2.20. The number of thiophene rings is 1. The molecule has 0 spiro atoms. The lowest BCUT2D eigenvalue weighted by atomic mass is 9.88. The summed E-state index contributed by atoms with van der Waals surface area (Å²) >= 11 is 1.80. The first kappa shape index (κ1) is 37.1. The van der Waals surface area contributed by atoms with Crippen LogP contribution in [0.15, 0.2) is 207 Å². The van der Waals surface area contributed by atoms with E-state index in [2.05, 4.69) is 169 Å². The molecule has 13 aromatic rings. The predicted molar refractivity (Wildman–Crippen MR) is 269 cm³/mol.